The monoisotopic (exact) mass is 436 g/mol. The summed E-state index contributed by atoms with van der Waals surface area (Å²) in [7, 11) is 1.52. The first-order valence-corrected chi connectivity index (χ1v) is 9.61. The molecule has 0 atom stereocenters. The molecule has 0 spiro atoms. The molecular formula is C24H18ClFN2O3. The highest BCUT2D eigenvalue weighted by Gasteiger charge is 2.12. The molecule has 0 saturated heterocycles. The van der Waals surface area contributed by atoms with Crippen LogP contribution in [0.25, 0.3) is 6.08 Å². The maximum Gasteiger partial charge on any atom is 0.266 e. The lowest BCUT2D eigenvalue weighted by atomic mass is 10.1. The van der Waals surface area contributed by atoms with E-state index in [4.69, 9.17) is 21.1 Å². The van der Waals surface area contributed by atoms with E-state index in [9.17, 15) is 14.4 Å². The number of benzene rings is 3. The molecule has 0 radical (unpaired) electrons. The first-order valence-electron chi connectivity index (χ1n) is 9.23. The molecular weight excluding hydrogens is 419 g/mol. The van der Waals surface area contributed by atoms with Gasteiger partial charge in [-0.1, -0.05) is 35.9 Å². The number of nitriles is 1. The summed E-state index contributed by atoms with van der Waals surface area (Å²) in [6.45, 7) is 0.222. The van der Waals surface area contributed by atoms with E-state index in [0.717, 1.165) is 5.56 Å². The zero-order valence-corrected chi connectivity index (χ0v) is 17.3. The third-order valence-electron chi connectivity index (χ3n) is 4.31. The van der Waals surface area contributed by atoms with Crippen LogP contribution in [0.3, 0.4) is 0 Å². The molecule has 0 aliphatic rings. The van der Waals surface area contributed by atoms with Gasteiger partial charge in [-0.25, -0.2) is 4.39 Å². The predicted octanol–water partition coefficient (Wildman–Crippen LogP) is 5.61. The first kappa shape index (κ1) is 21.9. The third-order valence-corrected chi connectivity index (χ3v) is 4.68. The zero-order chi connectivity index (χ0) is 22.2. The molecule has 0 fully saturated rings. The number of rotatable bonds is 7. The fourth-order valence-electron chi connectivity index (χ4n) is 2.71. The number of methoxy groups -OCH3 is 1. The molecule has 31 heavy (non-hydrogen) atoms. The van der Waals surface area contributed by atoms with Gasteiger partial charge in [0.05, 0.1) is 7.11 Å². The van der Waals surface area contributed by atoms with Crippen molar-refractivity contribution >= 4 is 29.3 Å². The maximum atomic E-state index is 13.0. The van der Waals surface area contributed by atoms with E-state index in [0.29, 0.717) is 27.8 Å². The molecule has 0 saturated carbocycles. The van der Waals surface area contributed by atoms with Crippen molar-refractivity contribution in [2.24, 2.45) is 0 Å². The maximum absolute atomic E-state index is 13.0. The average Bonchev–Trinajstić information content (AvgIpc) is 2.78. The quantitative estimate of drug-likeness (QED) is 0.386. The average molecular weight is 437 g/mol. The second-order valence-electron chi connectivity index (χ2n) is 6.42. The smallest absolute Gasteiger partial charge is 0.266 e. The minimum atomic E-state index is -0.608. The van der Waals surface area contributed by atoms with Crippen LogP contribution in [0.15, 0.2) is 72.3 Å². The summed E-state index contributed by atoms with van der Waals surface area (Å²) in [5.74, 6) is -0.0917. The van der Waals surface area contributed by atoms with Crippen molar-refractivity contribution < 1.29 is 18.7 Å². The van der Waals surface area contributed by atoms with Crippen molar-refractivity contribution in [3.8, 4) is 17.6 Å². The summed E-state index contributed by atoms with van der Waals surface area (Å²) >= 11 is 6.17. The van der Waals surface area contributed by atoms with E-state index < -0.39 is 11.7 Å². The van der Waals surface area contributed by atoms with Crippen LogP contribution < -0.4 is 14.8 Å². The standard InChI is InChI=1S/C24H18ClFN2O3/c1-30-22-11-6-16(13-23(22)31-15-17-4-2-3-5-21(17)25)12-18(14-27)24(29)28-20-9-7-19(26)8-10-20/h2-13H,15H2,1H3,(H,28,29)/b18-12+. The minimum Gasteiger partial charge on any atom is -0.493 e. The van der Waals surface area contributed by atoms with Crippen LogP contribution in [0.2, 0.25) is 5.02 Å². The summed E-state index contributed by atoms with van der Waals surface area (Å²) in [5, 5.41) is 12.6. The summed E-state index contributed by atoms with van der Waals surface area (Å²) in [6, 6.07) is 19.5. The molecule has 0 unspecified atom stereocenters. The molecule has 0 aliphatic heterocycles. The van der Waals surface area contributed by atoms with Gasteiger partial charge in [0, 0.05) is 16.3 Å². The lowest BCUT2D eigenvalue weighted by Crippen LogP contribution is -2.13. The molecule has 5 nitrogen and oxygen atoms in total. The Labute approximate surface area is 184 Å². The highest BCUT2D eigenvalue weighted by molar-refractivity contribution is 6.31. The first-order chi connectivity index (χ1) is 15.0. The molecule has 0 aliphatic carbocycles. The largest absolute Gasteiger partial charge is 0.493 e. The predicted molar refractivity (Wildman–Crippen MR) is 117 cm³/mol. The van der Waals surface area contributed by atoms with Crippen LogP contribution >= 0.6 is 11.6 Å². The van der Waals surface area contributed by atoms with Crippen molar-refractivity contribution in [3.63, 3.8) is 0 Å². The Balaban J connectivity index is 1.80. The number of carbonyl (C=O) groups excluding carboxylic acids is 1. The minimum absolute atomic E-state index is 0.119. The number of nitrogens with one attached hydrogen (secondary N) is 1. The molecule has 0 aromatic heterocycles. The molecule has 156 valence electrons. The summed E-state index contributed by atoms with van der Waals surface area (Å²) in [5.41, 5.74) is 1.64. The van der Waals surface area contributed by atoms with Crippen LogP contribution in [0.4, 0.5) is 10.1 Å². The Morgan fingerprint density at radius 3 is 2.55 bits per heavy atom. The second kappa shape index (κ2) is 10.3. The fourth-order valence-corrected chi connectivity index (χ4v) is 2.90. The van der Waals surface area contributed by atoms with Crippen molar-refractivity contribution in [1.82, 2.24) is 0 Å². The number of halogens is 2. The molecule has 7 heteroatoms. The lowest BCUT2D eigenvalue weighted by molar-refractivity contribution is -0.112. The zero-order valence-electron chi connectivity index (χ0n) is 16.6. The molecule has 1 amide bonds. The van der Waals surface area contributed by atoms with E-state index in [2.05, 4.69) is 5.32 Å². The topological polar surface area (TPSA) is 71.3 Å². The van der Waals surface area contributed by atoms with Gasteiger partial charge in [-0.15, -0.1) is 0 Å². The molecule has 1 N–H and O–H groups in total. The number of carbonyl (C=O) groups is 1. The number of anilines is 1. The van der Waals surface area contributed by atoms with Gasteiger partial charge in [-0.3, -0.25) is 4.79 Å². The van der Waals surface area contributed by atoms with Crippen molar-refractivity contribution in [2.75, 3.05) is 12.4 Å². The van der Waals surface area contributed by atoms with E-state index in [1.165, 1.54) is 37.5 Å². The van der Waals surface area contributed by atoms with Crippen LogP contribution in [-0.2, 0) is 11.4 Å². The van der Waals surface area contributed by atoms with Gasteiger partial charge in [-0.05, 0) is 54.1 Å². The van der Waals surface area contributed by atoms with Crippen LogP contribution in [0, 0.1) is 17.1 Å². The van der Waals surface area contributed by atoms with Crippen molar-refractivity contribution in [1.29, 1.82) is 5.26 Å². The third kappa shape index (κ3) is 5.84. The van der Waals surface area contributed by atoms with Crippen molar-refractivity contribution in [2.45, 2.75) is 6.61 Å². The highest BCUT2D eigenvalue weighted by atomic mass is 35.5. The Hall–Kier alpha value is -3.82. The summed E-state index contributed by atoms with van der Waals surface area (Å²) in [6.07, 6.45) is 1.43. The normalized spacial score (nSPS) is 10.8. The summed E-state index contributed by atoms with van der Waals surface area (Å²) < 4.78 is 24.2. The van der Waals surface area contributed by atoms with E-state index in [1.54, 1.807) is 24.3 Å². The van der Waals surface area contributed by atoms with Gasteiger partial charge < -0.3 is 14.8 Å². The Morgan fingerprint density at radius 1 is 1.13 bits per heavy atom. The fraction of sp³-hybridized carbons (Fsp3) is 0.0833. The van der Waals surface area contributed by atoms with Gasteiger partial charge in [-0.2, -0.15) is 5.26 Å². The Bertz CT molecular complexity index is 1150. The van der Waals surface area contributed by atoms with E-state index >= 15 is 0 Å². The van der Waals surface area contributed by atoms with Crippen LogP contribution in [0.1, 0.15) is 11.1 Å². The molecule has 0 heterocycles. The second-order valence-corrected chi connectivity index (χ2v) is 6.83. The highest BCUT2D eigenvalue weighted by Crippen LogP contribution is 2.30. The summed E-state index contributed by atoms with van der Waals surface area (Å²) in [4.78, 5) is 12.4. The van der Waals surface area contributed by atoms with Gasteiger partial charge in [0.2, 0.25) is 0 Å². The number of nitrogens with zero attached hydrogens (tertiary/aromatic N) is 1. The number of hydrogen-bond donors (Lipinski definition) is 1. The van der Waals surface area contributed by atoms with Gasteiger partial charge in [0.15, 0.2) is 11.5 Å². The molecule has 3 aromatic rings. The Kier molecular flexibility index (Phi) is 7.26. The number of hydrogen-bond acceptors (Lipinski definition) is 4. The van der Waals surface area contributed by atoms with Gasteiger partial charge >= 0.3 is 0 Å². The molecule has 3 aromatic carbocycles. The van der Waals surface area contributed by atoms with Gasteiger partial charge in [0.1, 0.15) is 24.1 Å². The SMILES string of the molecule is COc1ccc(/C=C(\C#N)C(=O)Nc2ccc(F)cc2)cc1OCc1ccccc1Cl. The molecule has 3 rings (SSSR count). The van der Waals surface area contributed by atoms with E-state index in [1.807, 2.05) is 24.3 Å². The number of ether oxygens (including phenoxy) is 2. The van der Waals surface area contributed by atoms with E-state index in [-0.39, 0.29) is 12.2 Å². The van der Waals surface area contributed by atoms with Crippen molar-refractivity contribution in [3.05, 3.63) is 94.3 Å². The number of amides is 1. The van der Waals surface area contributed by atoms with Crippen LogP contribution in [0.5, 0.6) is 11.5 Å². The van der Waals surface area contributed by atoms with Gasteiger partial charge in [0.25, 0.3) is 5.91 Å². The lowest BCUT2D eigenvalue weighted by Gasteiger charge is -2.12. The van der Waals surface area contributed by atoms with Crippen LogP contribution in [-0.4, -0.2) is 13.0 Å². The molecule has 0 bridgehead atoms. The Morgan fingerprint density at radius 2 is 1.87 bits per heavy atom.